The number of nitrogens with zero attached hydrogens (tertiary/aromatic N) is 3. The molecule has 3 nitrogen and oxygen atoms in total. The Morgan fingerprint density at radius 1 is 1.17 bits per heavy atom. The van der Waals surface area contributed by atoms with Crippen LogP contribution in [0.1, 0.15) is 75.2 Å². The predicted molar refractivity (Wildman–Crippen MR) is 120 cm³/mol. The van der Waals surface area contributed by atoms with E-state index in [1.165, 1.54) is 61.0 Å². The number of rotatable bonds is 5. The lowest BCUT2D eigenvalue weighted by Crippen LogP contribution is -2.35. The standard InChI is InChI=1S/C26H31N3/c1-3-19-11-14-22-23(17-27)26(29(25(22)16-19)21-8-4-5-9-21)24-10-6-7-15-28(24)18(2)20-12-13-20/h6-7,10-11,14,16,18,20-21H,3-5,8-9,12-13,15H2,1-2H3/t18-/m0/s1. The summed E-state index contributed by atoms with van der Waals surface area (Å²) in [4.78, 5) is 2.55. The van der Waals surface area contributed by atoms with Crippen LogP contribution in [0.2, 0.25) is 0 Å². The minimum Gasteiger partial charge on any atom is -0.363 e. The lowest BCUT2D eigenvalue weighted by molar-refractivity contribution is 0.304. The molecule has 0 unspecified atom stereocenters. The Bertz CT molecular complexity index is 1020. The van der Waals surface area contributed by atoms with E-state index in [0.717, 1.165) is 29.8 Å². The van der Waals surface area contributed by atoms with E-state index in [-0.39, 0.29) is 0 Å². The molecule has 0 amide bonds. The molecular formula is C26H31N3. The first-order valence-electron chi connectivity index (χ1n) is 11.4. The minimum absolute atomic E-state index is 0.506. The molecule has 1 aliphatic heterocycles. The zero-order valence-electron chi connectivity index (χ0n) is 17.7. The van der Waals surface area contributed by atoms with Gasteiger partial charge in [-0.25, -0.2) is 0 Å². The Hall–Kier alpha value is -2.47. The van der Waals surface area contributed by atoms with E-state index in [1.807, 2.05) is 0 Å². The molecule has 0 N–H and O–H groups in total. The average molecular weight is 386 g/mol. The van der Waals surface area contributed by atoms with Gasteiger partial charge in [0.2, 0.25) is 0 Å². The Kier molecular flexibility index (Phi) is 4.74. The van der Waals surface area contributed by atoms with Gasteiger partial charge in [-0.15, -0.1) is 0 Å². The third-order valence-electron chi connectivity index (χ3n) is 7.32. The highest BCUT2D eigenvalue weighted by atomic mass is 15.2. The highest BCUT2D eigenvalue weighted by Crippen LogP contribution is 2.43. The third-order valence-corrected chi connectivity index (χ3v) is 7.32. The maximum absolute atomic E-state index is 10.2. The largest absolute Gasteiger partial charge is 0.363 e. The van der Waals surface area contributed by atoms with Crippen LogP contribution in [0, 0.1) is 17.2 Å². The van der Waals surface area contributed by atoms with Crippen LogP contribution in [0.3, 0.4) is 0 Å². The van der Waals surface area contributed by atoms with Crippen LogP contribution in [-0.4, -0.2) is 22.1 Å². The Balaban J connectivity index is 1.75. The van der Waals surface area contributed by atoms with E-state index < -0.39 is 0 Å². The lowest BCUT2D eigenvalue weighted by atomic mass is 10.0. The topological polar surface area (TPSA) is 32.0 Å². The Morgan fingerprint density at radius 3 is 2.66 bits per heavy atom. The van der Waals surface area contributed by atoms with Gasteiger partial charge in [-0.3, -0.25) is 0 Å². The van der Waals surface area contributed by atoms with Crippen LogP contribution in [0.25, 0.3) is 16.6 Å². The van der Waals surface area contributed by atoms with Gasteiger partial charge >= 0.3 is 0 Å². The third kappa shape index (κ3) is 3.10. The maximum Gasteiger partial charge on any atom is 0.102 e. The van der Waals surface area contributed by atoms with Crippen molar-refractivity contribution in [2.24, 2.45) is 5.92 Å². The molecule has 0 spiro atoms. The molecule has 0 radical (unpaired) electrons. The summed E-state index contributed by atoms with van der Waals surface area (Å²) in [6.07, 6.45) is 15.4. The summed E-state index contributed by atoms with van der Waals surface area (Å²) in [7, 11) is 0. The summed E-state index contributed by atoms with van der Waals surface area (Å²) >= 11 is 0. The van der Waals surface area contributed by atoms with Crippen LogP contribution in [0.5, 0.6) is 0 Å². The molecule has 150 valence electrons. The van der Waals surface area contributed by atoms with Crippen molar-refractivity contribution >= 4 is 16.6 Å². The Labute approximate surface area is 174 Å². The van der Waals surface area contributed by atoms with Gasteiger partial charge in [0.15, 0.2) is 0 Å². The van der Waals surface area contributed by atoms with Gasteiger partial charge in [-0.05, 0) is 62.7 Å². The summed E-state index contributed by atoms with van der Waals surface area (Å²) in [6, 6.07) is 10.4. The minimum atomic E-state index is 0.506. The first kappa shape index (κ1) is 18.6. The van der Waals surface area contributed by atoms with Crippen molar-refractivity contribution in [3.63, 3.8) is 0 Å². The quantitative estimate of drug-likeness (QED) is 0.613. The number of hydrogen-bond donors (Lipinski definition) is 0. The van der Waals surface area contributed by atoms with E-state index in [4.69, 9.17) is 0 Å². The normalized spacial score (nSPS) is 20.9. The number of allylic oxidation sites excluding steroid dienone is 2. The van der Waals surface area contributed by atoms with E-state index in [1.54, 1.807) is 0 Å². The van der Waals surface area contributed by atoms with Gasteiger partial charge in [0.25, 0.3) is 0 Å². The summed E-state index contributed by atoms with van der Waals surface area (Å²) in [6.45, 7) is 5.53. The molecule has 29 heavy (non-hydrogen) atoms. The van der Waals surface area contributed by atoms with Crippen LogP contribution in [0.4, 0.5) is 0 Å². The zero-order valence-corrected chi connectivity index (χ0v) is 17.7. The first-order chi connectivity index (χ1) is 14.2. The number of aryl methyl sites for hydroxylation is 1. The van der Waals surface area contributed by atoms with Gasteiger partial charge in [-0.2, -0.15) is 5.26 Å². The molecular weight excluding hydrogens is 354 g/mol. The highest BCUT2D eigenvalue weighted by molar-refractivity contribution is 5.93. The van der Waals surface area contributed by atoms with Crippen LogP contribution in [-0.2, 0) is 6.42 Å². The van der Waals surface area contributed by atoms with Crippen molar-refractivity contribution in [3.8, 4) is 6.07 Å². The first-order valence-corrected chi connectivity index (χ1v) is 11.4. The molecule has 5 rings (SSSR count). The summed E-state index contributed by atoms with van der Waals surface area (Å²) in [5.41, 5.74) is 5.90. The number of fused-ring (bicyclic) bond motifs is 1. The van der Waals surface area contributed by atoms with Crippen molar-refractivity contribution in [1.29, 1.82) is 5.26 Å². The van der Waals surface area contributed by atoms with E-state index in [0.29, 0.717) is 12.1 Å². The zero-order chi connectivity index (χ0) is 20.0. The van der Waals surface area contributed by atoms with Crippen LogP contribution in [0.15, 0.2) is 36.4 Å². The molecule has 1 aromatic heterocycles. The molecule has 3 heteroatoms. The molecule has 2 heterocycles. The van der Waals surface area contributed by atoms with Gasteiger partial charge in [-0.1, -0.05) is 44.1 Å². The molecule has 1 aromatic carbocycles. The van der Waals surface area contributed by atoms with E-state index in [2.05, 4.69) is 65.8 Å². The molecule has 2 saturated carbocycles. The van der Waals surface area contributed by atoms with Crippen molar-refractivity contribution in [2.75, 3.05) is 6.54 Å². The summed E-state index contributed by atoms with van der Waals surface area (Å²) in [5, 5.41) is 11.4. The van der Waals surface area contributed by atoms with E-state index in [9.17, 15) is 5.26 Å². The smallest absolute Gasteiger partial charge is 0.102 e. The molecule has 2 fully saturated rings. The van der Waals surface area contributed by atoms with Gasteiger partial charge in [0, 0.05) is 24.0 Å². The fourth-order valence-electron chi connectivity index (χ4n) is 5.44. The molecule has 0 saturated heterocycles. The fourth-order valence-corrected chi connectivity index (χ4v) is 5.44. The lowest BCUT2D eigenvalue weighted by Gasteiger charge is -2.35. The van der Waals surface area contributed by atoms with Crippen LogP contribution >= 0.6 is 0 Å². The molecule has 0 bridgehead atoms. The maximum atomic E-state index is 10.2. The monoisotopic (exact) mass is 385 g/mol. The van der Waals surface area contributed by atoms with Crippen LogP contribution < -0.4 is 0 Å². The van der Waals surface area contributed by atoms with Crippen molar-refractivity contribution in [1.82, 2.24) is 9.47 Å². The van der Waals surface area contributed by atoms with Gasteiger partial charge in [0.05, 0.1) is 22.5 Å². The van der Waals surface area contributed by atoms with Crippen molar-refractivity contribution < 1.29 is 0 Å². The fraction of sp³-hybridized carbons (Fsp3) is 0.500. The molecule has 3 aliphatic rings. The second-order valence-electron chi connectivity index (χ2n) is 9.06. The highest BCUT2D eigenvalue weighted by Gasteiger charge is 2.36. The van der Waals surface area contributed by atoms with E-state index >= 15 is 0 Å². The number of benzene rings is 1. The molecule has 1 atom stereocenters. The van der Waals surface area contributed by atoms with Gasteiger partial charge < -0.3 is 9.47 Å². The number of aromatic nitrogens is 1. The van der Waals surface area contributed by atoms with Gasteiger partial charge in [0.1, 0.15) is 6.07 Å². The average Bonchev–Trinajstić information content (AvgIpc) is 3.37. The number of hydrogen-bond acceptors (Lipinski definition) is 2. The summed E-state index contributed by atoms with van der Waals surface area (Å²) in [5.74, 6) is 0.798. The molecule has 2 aliphatic carbocycles. The second-order valence-corrected chi connectivity index (χ2v) is 9.06. The van der Waals surface area contributed by atoms with Crippen molar-refractivity contribution in [3.05, 3.63) is 53.2 Å². The SMILES string of the molecule is CCc1ccc2c(C#N)c(C3=CC=CCN3[C@@H](C)C3CC3)n(C3CCCC3)c2c1. The Morgan fingerprint density at radius 2 is 1.97 bits per heavy atom. The molecule has 2 aromatic rings. The second kappa shape index (κ2) is 7.41. The van der Waals surface area contributed by atoms with Crippen molar-refractivity contribution in [2.45, 2.75) is 70.9 Å². The predicted octanol–water partition coefficient (Wildman–Crippen LogP) is 6.20. The number of nitriles is 1. The summed E-state index contributed by atoms with van der Waals surface area (Å²) < 4.78 is 2.55.